The average molecular weight is 267 g/mol. The second kappa shape index (κ2) is 5.75. The van der Waals surface area contributed by atoms with Crippen LogP contribution in [0.15, 0.2) is 16.5 Å². The van der Waals surface area contributed by atoms with Crippen molar-refractivity contribution in [3.63, 3.8) is 0 Å². The van der Waals surface area contributed by atoms with E-state index in [0.717, 1.165) is 19.4 Å². The normalized spacial score (nSPS) is 19.5. The molecule has 1 aromatic rings. The molecule has 1 heterocycles. The lowest BCUT2D eigenvalue weighted by Gasteiger charge is -2.28. The molecule has 5 heteroatoms. The van der Waals surface area contributed by atoms with E-state index in [9.17, 15) is 9.90 Å². The van der Waals surface area contributed by atoms with E-state index in [1.807, 2.05) is 6.92 Å². The number of hydrogen-bond donors (Lipinski definition) is 3. The summed E-state index contributed by atoms with van der Waals surface area (Å²) in [5.41, 5.74) is -0.0174. The fraction of sp³-hybridized carbons (Fsp3) is 0.643. The molecular weight excluding hydrogens is 246 g/mol. The SMILES string of the molecule is CC(NCC1(CO)CCCC1)c1ccc(C(=O)O)o1. The molecule has 0 bridgehead atoms. The summed E-state index contributed by atoms with van der Waals surface area (Å²) in [7, 11) is 0. The number of hydrogen-bond acceptors (Lipinski definition) is 4. The van der Waals surface area contributed by atoms with Gasteiger partial charge in [-0.3, -0.25) is 0 Å². The summed E-state index contributed by atoms with van der Waals surface area (Å²) in [6.07, 6.45) is 4.42. The van der Waals surface area contributed by atoms with Crippen LogP contribution in [-0.2, 0) is 0 Å². The van der Waals surface area contributed by atoms with Crippen LogP contribution in [0, 0.1) is 5.41 Å². The second-order valence-electron chi connectivity index (χ2n) is 5.47. The van der Waals surface area contributed by atoms with Crippen molar-refractivity contribution in [2.75, 3.05) is 13.2 Å². The molecule has 0 spiro atoms. The van der Waals surface area contributed by atoms with Gasteiger partial charge >= 0.3 is 5.97 Å². The van der Waals surface area contributed by atoms with Gasteiger partial charge in [-0.2, -0.15) is 0 Å². The monoisotopic (exact) mass is 267 g/mol. The van der Waals surface area contributed by atoms with Crippen molar-refractivity contribution in [3.8, 4) is 0 Å². The van der Waals surface area contributed by atoms with E-state index in [1.165, 1.54) is 18.9 Å². The van der Waals surface area contributed by atoms with Crippen LogP contribution in [0.4, 0.5) is 0 Å². The van der Waals surface area contributed by atoms with E-state index < -0.39 is 5.97 Å². The predicted molar refractivity (Wildman–Crippen MR) is 70.1 cm³/mol. The van der Waals surface area contributed by atoms with Crippen molar-refractivity contribution >= 4 is 5.97 Å². The zero-order valence-electron chi connectivity index (χ0n) is 11.2. The van der Waals surface area contributed by atoms with E-state index >= 15 is 0 Å². The van der Waals surface area contributed by atoms with Gasteiger partial charge in [-0.25, -0.2) is 4.79 Å². The fourth-order valence-electron chi connectivity index (χ4n) is 2.69. The van der Waals surface area contributed by atoms with Gasteiger partial charge in [-0.05, 0) is 31.9 Å². The maximum atomic E-state index is 10.8. The topological polar surface area (TPSA) is 82.7 Å². The molecule has 1 fully saturated rings. The minimum atomic E-state index is -1.05. The van der Waals surface area contributed by atoms with Crippen LogP contribution < -0.4 is 5.32 Å². The summed E-state index contributed by atoms with van der Waals surface area (Å²) >= 11 is 0. The summed E-state index contributed by atoms with van der Waals surface area (Å²) in [6, 6.07) is 3.09. The van der Waals surface area contributed by atoms with E-state index in [2.05, 4.69) is 5.32 Å². The first-order valence-electron chi connectivity index (χ1n) is 6.74. The lowest BCUT2D eigenvalue weighted by molar-refractivity contribution is 0.0659. The third kappa shape index (κ3) is 3.16. The number of nitrogens with one attached hydrogen (secondary N) is 1. The molecule has 0 aliphatic heterocycles. The Morgan fingerprint density at radius 3 is 2.68 bits per heavy atom. The van der Waals surface area contributed by atoms with Gasteiger partial charge in [0.05, 0.1) is 6.04 Å². The van der Waals surface area contributed by atoms with Crippen LogP contribution in [0.1, 0.15) is 55.0 Å². The highest BCUT2D eigenvalue weighted by atomic mass is 16.4. The summed E-state index contributed by atoms with van der Waals surface area (Å²) in [5, 5.41) is 21.7. The molecule has 1 aromatic heterocycles. The van der Waals surface area contributed by atoms with Gasteiger partial charge < -0.3 is 19.9 Å². The first-order chi connectivity index (χ1) is 9.06. The van der Waals surface area contributed by atoms with Crippen LogP contribution in [0.3, 0.4) is 0 Å². The largest absolute Gasteiger partial charge is 0.475 e. The lowest BCUT2D eigenvalue weighted by Crippen LogP contribution is -2.36. The fourth-order valence-corrected chi connectivity index (χ4v) is 2.69. The number of carboxylic acids is 1. The Labute approximate surface area is 112 Å². The molecule has 1 unspecified atom stereocenters. The molecule has 106 valence electrons. The Morgan fingerprint density at radius 2 is 2.16 bits per heavy atom. The summed E-state index contributed by atoms with van der Waals surface area (Å²) in [4.78, 5) is 10.8. The highest BCUT2D eigenvalue weighted by Gasteiger charge is 2.33. The summed E-state index contributed by atoms with van der Waals surface area (Å²) < 4.78 is 5.26. The van der Waals surface area contributed by atoms with Crippen molar-refractivity contribution in [1.82, 2.24) is 5.32 Å². The lowest BCUT2D eigenvalue weighted by atomic mass is 9.87. The summed E-state index contributed by atoms with van der Waals surface area (Å²) in [5.74, 6) is -0.481. The molecule has 2 rings (SSSR count). The Bertz CT molecular complexity index is 434. The molecule has 1 atom stereocenters. The quantitative estimate of drug-likeness (QED) is 0.736. The van der Waals surface area contributed by atoms with Gasteiger partial charge in [-0.1, -0.05) is 12.8 Å². The second-order valence-corrected chi connectivity index (χ2v) is 5.47. The first-order valence-corrected chi connectivity index (χ1v) is 6.74. The van der Waals surface area contributed by atoms with E-state index in [-0.39, 0.29) is 23.8 Å². The molecule has 5 nitrogen and oxygen atoms in total. The molecule has 0 amide bonds. The minimum absolute atomic E-state index is 0.0174. The molecule has 0 radical (unpaired) electrons. The van der Waals surface area contributed by atoms with Crippen LogP contribution in [0.2, 0.25) is 0 Å². The van der Waals surface area contributed by atoms with Gasteiger partial charge in [0.1, 0.15) is 5.76 Å². The first kappa shape index (κ1) is 14.1. The number of rotatable bonds is 6. The van der Waals surface area contributed by atoms with Crippen LogP contribution in [-0.4, -0.2) is 29.3 Å². The molecule has 3 N–H and O–H groups in total. The van der Waals surface area contributed by atoms with Crippen LogP contribution in [0.5, 0.6) is 0 Å². The van der Waals surface area contributed by atoms with Crippen LogP contribution in [0.25, 0.3) is 0 Å². The van der Waals surface area contributed by atoms with Crippen molar-refractivity contribution < 1.29 is 19.4 Å². The number of aliphatic hydroxyl groups is 1. The average Bonchev–Trinajstić information content (AvgIpc) is 3.06. The Kier molecular flexibility index (Phi) is 4.27. The van der Waals surface area contributed by atoms with Crippen molar-refractivity contribution in [2.24, 2.45) is 5.41 Å². The van der Waals surface area contributed by atoms with Crippen molar-refractivity contribution in [1.29, 1.82) is 0 Å². The van der Waals surface area contributed by atoms with Crippen molar-refractivity contribution in [3.05, 3.63) is 23.7 Å². The van der Waals surface area contributed by atoms with Gasteiger partial charge in [0, 0.05) is 18.6 Å². The maximum absolute atomic E-state index is 10.8. The number of aliphatic hydroxyl groups excluding tert-OH is 1. The Hall–Kier alpha value is -1.33. The zero-order chi connectivity index (χ0) is 13.9. The summed E-state index contributed by atoms with van der Waals surface area (Å²) in [6.45, 7) is 2.86. The van der Waals surface area contributed by atoms with Crippen LogP contribution >= 0.6 is 0 Å². The highest BCUT2D eigenvalue weighted by Crippen LogP contribution is 2.37. The van der Waals surface area contributed by atoms with Gasteiger partial charge in [-0.15, -0.1) is 0 Å². The van der Waals surface area contributed by atoms with E-state index in [4.69, 9.17) is 9.52 Å². The maximum Gasteiger partial charge on any atom is 0.371 e. The molecule has 1 aliphatic carbocycles. The smallest absolute Gasteiger partial charge is 0.371 e. The van der Waals surface area contributed by atoms with E-state index in [0.29, 0.717) is 5.76 Å². The predicted octanol–water partition coefficient (Wildman–Crippen LogP) is 2.18. The molecule has 0 aromatic carbocycles. The minimum Gasteiger partial charge on any atom is -0.475 e. The van der Waals surface area contributed by atoms with Crippen molar-refractivity contribution in [2.45, 2.75) is 38.6 Å². The third-order valence-corrected chi connectivity index (χ3v) is 4.05. The van der Waals surface area contributed by atoms with Gasteiger partial charge in [0.25, 0.3) is 0 Å². The number of furan rings is 1. The zero-order valence-corrected chi connectivity index (χ0v) is 11.2. The number of aromatic carboxylic acids is 1. The number of carbonyl (C=O) groups is 1. The third-order valence-electron chi connectivity index (χ3n) is 4.05. The highest BCUT2D eigenvalue weighted by molar-refractivity contribution is 5.84. The Morgan fingerprint density at radius 1 is 1.47 bits per heavy atom. The molecule has 0 saturated heterocycles. The molecule has 1 aliphatic rings. The van der Waals surface area contributed by atoms with E-state index in [1.54, 1.807) is 6.07 Å². The molecule has 1 saturated carbocycles. The standard InChI is InChI=1S/C14H21NO4/c1-10(11-4-5-12(19-11)13(17)18)15-8-14(9-16)6-2-3-7-14/h4-5,10,15-16H,2-3,6-9H2,1H3,(H,17,18). The number of carboxylic acid groups (broad SMARTS) is 1. The van der Waals surface area contributed by atoms with Gasteiger partial charge in [0.15, 0.2) is 0 Å². The molecule has 19 heavy (non-hydrogen) atoms. The molecular formula is C14H21NO4. The van der Waals surface area contributed by atoms with Gasteiger partial charge in [0.2, 0.25) is 5.76 Å². The Balaban J connectivity index is 1.93.